The Labute approximate surface area is 223 Å². The maximum absolute atomic E-state index is 12.7. The molecule has 0 atom stereocenters. The van der Waals surface area contributed by atoms with Gasteiger partial charge in [0.05, 0.1) is 30.1 Å². The molecule has 0 radical (unpaired) electrons. The highest BCUT2D eigenvalue weighted by atomic mass is 16.5. The smallest absolute Gasteiger partial charge is 0.352 e. The number of aryl methyl sites for hydroxylation is 5. The molecule has 0 saturated heterocycles. The Morgan fingerprint density at radius 1 is 1.13 bits per heavy atom. The third kappa shape index (κ3) is 4.29. The molecule has 6 rings (SSSR count). The van der Waals surface area contributed by atoms with Gasteiger partial charge in [-0.2, -0.15) is 5.10 Å². The van der Waals surface area contributed by atoms with Crippen molar-refractivity contribution in [2.75, 3.05) is 13.2 Å². The van der Waals surface area contributed by atoms with Crippen molar-refractivity contribution in [2.45, 2.75) is 65.0 Å². The van der Waals surface area contributed by atoms with Crippen molar-refractivity contribution in [3.8, 4) is 16.9 Å². The third-order valence-electron chi connectivity index (χ3n) is 8.09. The Kier molecular flexibility index (Phi) is 6.70. The number of carboxylic acid groups (broad SMARTS) is 1. The monoisotopic (exact) mass is 513 g/mol. The number of hydrogen-bond acceptors (Lipinski definition) is 4. The number of aromatic carboxylic acids is 1. The molecule has 2 aromatic heterocycles. The maximum atomic E-state index is 12.7. The number of benzene rings is 2. The first-order valence-electron chi connectivity index (χ1n) is 13.8. The van der Waals surface area contributed by atoms with E-state index in [0.29, 0.717) is 38.5 Å². The fraction of sp³-hybridized carbons (Fsp3) is 0.419. The van der Waals surface area contributed by atoms with Crippen LogP contribution in [0.2, 0.25) is 0 Å². The zero-order valence-corrected chi connectivity index (χ0v) is 22.3. The Bertz CT molecular complexity index is 1510. The van der Waals surface area contributed by atoms with Gasteiger partial charge in [0.15, 0.2) is 0 Å². The SMILES string of the molecule is Cc1nn(C)c2c1-c1cccc3c(CCCOc4cccc5c4CCCC5)c(C(=O)O)n(c13)CCCOC2. The lowest BCUT2D eigenvalue weighted by Gasteiger charge is -2.19. The minimum Gasteiger partial charge on any atom is -0.493 e. The van der Waals surface area contributed by atoms with Crippen LogP contribution in [-0.2, 0) is 44.2 Å². The Balaban J connectivity index is 1.37. The highest BCUT2D eigenvalue weighted by Gasteiger charge is 2.27. The van der Waals surface area contributed by atoms with E-state index in [2.05, 4.69) is 35.4 Å². The summed E-state index contributed by atoms with van der Waals surface area (Å²) in [5.41, 5.74) is 9.01. The van der Waals surface area contributed by atoms with Gasteiger partial charge in [-0.15, -0.1) is 0 Å². The van der Waals surface area contributed by atoms with Gasteiger partial charge in [0, 0.05) is 36.7 Å². The molecule has 3 heterocycles. The molecule has 1 aliphatic carbocycles. The van der Waals surface area contributed by atoms with E-state index < -0.39 is 5.97 Å². The summed E-state index contributed by atoms with van der Waals surface area (Å²) in [5, 5.41) is 16.1. The molecule has 4 aromatic rings. The molecule has 1 N–H and O–H groups in total. The quantitative estimate of drug-likeness (QED) is 0.327. The minimum absolute atomic E-state index is 0.383. The van der Waals surface area contributed by atoms with Crippen LogP contribution in [0, 0.1) is 6.92 Å². The maximum Gasteiger partial charge on any atom is 0.352 e. The topological polar surface area (TPSA) is 78.5 Å². The average Bonchev–Trinajstić information content (AvgIpc) is 3.39. The molecule has 0 bridgehead atoms. The molecule has 7 nitrogen and oxygen atoms in total. The van der Waals surface area contributed by atoms with Gasteiger partial charge in [-0.05, 0) is 74.6 Å². The van der Waals surface area contributed by atoms with E-state index in [9.17, 15) is 9.90 Å². The summed E-state index contributed by atoms with van der Waals surface area (Å²) in [6, 6.07) is 12.6. The van der Waals surface area contributed by atoms with Crippen LogP contribution in [0.5, 0.6) is 5.75 Å². The Morgan fingerprint density at radius 3 is 2.84 bits per heavy atom. The number of para-hydroxylation sites is 1. The van der Waals surface area contributed by atoms with E-state index in [1.165, 1.54) is 24.0 Å². The number of hydrogen-bond donors (Lipinski definition) is 1. The highest BCUT2D eigenvalue weighted by molar-refractivity contribution is 6.04. The van der Waals surface area contributed by atoms with Crippen LogP contribution in [0.3, 0.4) is 0 Å². The summed E-state index contributed by atoms with van der Waals surface area (Å²) in [4.78, 5) is 12.7. The summed E-state index contributed by atoms with van der Waals surface area (Å²) >= 11 is 0. The van der Waals surface area contributed by atoms with Crippen LogP contribution in [0.1, 0.15) is 64.2 Å². The highest BCUT2D eigenvalue weighted by Crippen LogP contribution is 2.39. The second kappa shape index (κ2) is 10.3. The largest absolute Gasteiger partial charge is 0.493 e. The van der Waals surface area contributed by atoms with Crippen molar-refractivity contribution >= 4 is 16.9 Å². The van der Waals surface area contributed by atoms with Crippen molar-refractivity contribution in [3.63, 3.8) is 0 Å². The van der Waals surface area contributed by atoms with Gasteiger partial charge in [0.25, 0.3) is 0 Å². The lowest BCUT2D eigenvalue weighted by Crippen LogP contribution is -2.14. The molecule has 2 aromatic carbocycles. The Morgan fingerprint density at radius 2 is 1.97 bits per heavy atom. The van der Waals surface area contributed by atoms with Gasteiger partial charge in [-0.25, -0.2) is 4.79 Å². The lowest BCUT2D eigenvalue weighted by molar-refractivity contribution is 0.0681. The first kappa shape index (κ1) is 24.7. The molecule has 0 fully saturated rings. The van der Waals surface area contributed by atoms with Crippen LogP contribution in [-0.4, -0.2) is 38.6 Å². The number of nitrogens with zero attached hydrogens (tertiary/aromatic N) is 3. The molecule has 0 spiro atoms. The first-order valence-corrected chi connectivity index (χ1v) is 13.8. The van der Waals surface area contributed by atoms with E-state index in [0.717, 1.165) is 70.4 Å². The number of rotatable bonds is 6. The number of aromatic nitrogens is 3. The Hall–Kier alpha value is -3.58. The van der Waals surface area contributed by atoms with Crippen molar-refractivity contribution in [2.24, 2.45) is 7.05 Å². The van der Waals surface area contributed by atoms with E-state index in [1.54, 1.807) is 0 Å². The predicted octanol–water partition coefficient (Wildman–Crippen LogP) is 5.86. The van der Waals surface area contributed by atoms with Gasteiger partial charge in [0.2, 0.25) is 0 Å². The van der Waals surface area contributed by atoms with E-state index in [4.69, 9.17) is 9.47 Å². The van der Waals surface area contributed by atoms with Crippen LogP contribution in [0.4, 0.5) is 0 Å². The minimum atomic E-state index is -0.888. The van der Waals surface area contributed by atoms with Crippen LogP contribution in [0.15, 0.2) is 36.4 Å². The molecular weight excluding hydrogens is 478 g/mol. The fourth-order valence-corrected chi connectivity index (χ4v) is 6.43. The van der Waals surface area contributed by atoms with Gasteiger partial charge in [0.1, 0.15) is 11.4 Å². The van der Waals surface area contributed by atoms with Crippen LogP contribution < -0.4 is 4.74 Å². The first-order chi connectivity index (χ1) is 18.5. The molecule has 38 heavy (non-hydrogen) atoms. The van der Waals surface area contributed by atoms with E-state index in [-0.39, 0.29) is 0 Å². The van der Waals surface area contributed by atoms with Gasteiger partial charge in [-0.1, -0.05) is 30.3 Å². The van der Waals surface area contributed by atoms with Crippen LogP contribution >= 0.6 is 0 Å². The third-order valence-corrected chi connectivity index (χ3v) is 8.09. The number of fused-ring (bicyclic) bond motifs is 3. The second-order valence-corrected chi connectivity index (χ2v) is 10.5. The molecule has 0 unspecified atom stereocenters. The lowest BCUT2D eigenvalue weighted by atomic mass is 9.91. The van der Waals surface area contributed by atoms with Crippen molar-refractivity contribution in [1.82, 2.24) is 14.3 Å². The number of carbonyl (C=O) groups is 1. The summed E-state index contributed by atoms with van der Waals surface area (Å²) in [6.07, 6.45) is 6.77. The number of ether oxygens (including phenoxy) is 2. The summed E-state index contributed by atoms with van der Waals surface area (Å²) in [5.74, 6) is 0.102. The number of carboxylic acids is 1. The molecule has 7 heteroatoms. The fourth-order valence-electron chi connectivity index (χ4n) is 6.43. The standard InChI is InChI=1S/C31H35N3O4/c1-20-28-25-13-6-12-23-24(14-7-18-38-27-15-5-10-21-9-3-4-11-22(21)27)30(31(35)36)34(29(23)25)16-8-17-37-19-26(28)33(2)32-20/h5-6,10,12-13,15H,3-4,7-9,11,14,16-19H2,1-2H3,(H,35,36). The van der Waals surface area contributed by atoms with Crippen molar-refractivity contribution < 1.29 is 19.4 Å². The van der Waals surface area contributed by atoms with Gasteiger partial charge >= 0.3 is 5.97 Å². The summed E-state index contributed by atoms with van der Waals surface area (Å²) in [6.45, 7) is 4.21. The molecule has 0 amide bonds. The summed E-state index contributed by atoms with van der Waals surface area (Å²) in [7, 11) is 1.94. The summed E-state index contributed by atoms with van der Waals surface area (Å²) < 4.78 is 16.1. The van der Waals surface area contributed by atoms with Crippen LogP contribution in [0.25, 0.3) is 22.0 Å². The van der Waals surface area contributed by atoms with Gasteiger partial charge in [-0.3, -0.25) is 4.68 Å². The predicted molar refractivity (Wildman–Crippen MR) is 147 cm³/mol. The zero-order chi connectivity index (χ0) is 26.2. The molecular formula is C31H35N3O4. The van der Waals surface area contributed by atoms with Crippen molar-refractivity contribution in [3.05, 3.63) is 70.2 Å². The molecule has 198 valence electrons. The normalized spacial score (nSPS) is 15.2. The van der Waals surface area contributed by atoms with Gasteiger partial charge < -0.3 is 19.1 Å². The zero-order valence-electron chi connectivity index (χ0n) is 22.3. The van der Waals surface area contributed by atoms with Crippen molar-refractivity contribution in [1.29, 1.82) is 0 Å². The molecule has 0 saturated carbocycles. The molecule has 2 aliphatic rings. The molecule has 1 aliphatic heterocycles. The van der Waals surface area contributed by atoms with E-state index in [1.807, 2.05) is 29.3 Å². The second-order valence-electron chi connectivity index (χ2n) is 10.5. The average molecular weight is 514 g/mol. The van der Waals surface area contributed by atoms with E-state index >= 15 is 0 Å².